The predicted octanol–water partition coefficient (Wildman–Crippen LogP) is 1.38. The third kappa shape index (κ3) is 3.61. The third-order valence-corrected chi connectivity index (χ3v) is 3.71. The molecule has 6 heteroatoms. The van der Waals surface area contributed by atoms with E-state index in [-0.39, 0.29) is 24.8 Å². The van der Waals surface area contributed by atoms with Gasteiger partial charge in [0.25, 0.3) is 0 Å². The maximum absolute atomic E-state index is 11.5. The Labute approximate surface area is 122 Å². The summed E-state index contributed by atoms with van der Waals surface area (Å²) in [6.07, 6.45) is 3.61. The average molecular weight is 291 g/mol. The zero-order valence-electron chi connectivity index (χ0n) is 11.2. The van der Waals surface area contributed by atoms with Crippen molar-refractivity contribution in [1.82, 2.24) is 14.9 Å². The lowest BCUT2D eigenvalue weighted by atomic mass is 10.2. The standard InChI is InChI=1S/C14H17N3O2S/c1-11-4-2-3-5-12(11)17-8-6-16-14(17)20-10-13(19)15-7-9-18/h2-6,8,18H,7,9-10H2,1H3,(H,15,19). The van der Waals surface area contributed by atoms with Crippen molar-refractivity contribution in [2.45, 2.75) is 12.1 Å². The van der Waals surface area contributed by atoms with Gasteiger partial charge in [0.2, 0.25) is 5.91 Å². The third-order valence-electron chi connectivity index (χ3n) is 2.75. The number of hydrogen-bond acceptors (Lipinski definition) is 4. The summed E-state index contributed by atoms with van der Waals surface area (Å²) < 4.78 is 1.97. The Balaban J connectivity index is 2.06. The Morgan fingerprint density at radius 3 is 3.00 bits per heavy atom. The second-order valence-electron chi connectivity index (χ2n) is 4.23. The first-order chi connectivity index (χ1) is 9.72. The maximum Gasteiger partial charge on any atom is 0.230 e. The number of aliphatic hydroxyl groups is 1. The summed E-state index contributed by atoms with van der Waals surface area (Å²) in [6, 6.07) is 8.03. The summed E-state index contributed by atoms with van der Waals surface area (Å²) >= 11 is 1.37. The summed E-state index contributed by atoms with van der Waals surface area (Å²) in [5.41, 5.74) is 2.21. The molecule has 0 radical (unpaired) electrons. The van der Waals surface area contributed by atoms with Crippen LogP contribution in [-0.2, 0) is 4.79 Å². The number of nitrogens with zero attached hydrogens (tertiary/aromatic N) is 2. The number of carbonyl (C=O) groups is 1. The number of benzene rings is 1. The van der Waals surface area contributed by atoms with Crippen molar-refractivity contribution in [3.8, 4) is 5.69 Å². The molecule has 106 valence electrons. The second kappa shape index (κ2) is 7.12. The highest BCUT2D eigenvalue weighted by molar-refractivity contribution is 7.99. The fourth-order valence-corrected chi connectivity index (χ4v) is 2.59. The van der Waals surface area contributed by atoms with Crippen LogP contribution < -0.4 is 5.32 Å². The molecule has 0 atom stereocenters. The van der Waals surface area contributed by atoms with E-state index in [0.717, 1.165) is 16.4 Å². The number of para-hydroxylation sites is 1. The molecule has 0 saturated carbocycles. The van der Waals surface area contributed by atoms with E-state index in [9.17, 15) is 4.79 Å². The number of aromatic nitrogens is 2. The van der Waals surface area contributed by atoms with Crippen molar-refractivity contribution < 1.29 is 9.90 Å². The number of amides is 1. The lowest BCUT2D eigenvalue weighted by Gasteiger charge is -2.10. The van der Waals surface area contributed by atoms with Gasteiger partial charge in [0.15, 0.2) is 5.16 Å². The SMILES string of the molecule is Cc1ccccc1-n1ccnc1SCC(=O)NCCO. The number of nitrogens with one attached hydrogen (secondary N) is 1. The molecule has 1 aromatic carbocycles. The number of thioether (sulfide) groups is 1. The maximum atomic E-state index is 11.5. The van der Waals surface area contributed by atoms with Gasteiger partial charge < -0.3 is 10.4 Å². The molecule has 1 aromatic heterocycles. The highest BCUT2D eigenvalue weighted by atomic mass is 32.2. The fourth-order valence-electron chi connectivity index (χ4n) is 1.79. The summed E-state index contributed by atoms with van der Waals surface area (Å²) in [5.74, 6) is 0.173. The van der Waals surface area contributed by atoms with Crippen LogP contribution in [-0.4, -0.2) is 39.5 Å². The first-order valence-electron chi connectivity index (χ1n) is 6.32. The molecule has 2 aromatic rings. The van der Waals surface area contributed by atoms with Gasteiger partial charge in [-0.2, -0.15) is 0 Å². The van der Waals surface area contributed by atoms with E-state index >= 15 is 0 Å². The van der Waals surface area contributed by atoms with Gasteiger partial charge >= 0.3 is 0 Å². The van der Waals surface area contributed by atoms with Gasteiger partial charge in [-0.25, -0.2) is 4.98 Å². The molecule has 2 N–H and O–H groups in total. The van der Waals surface area contributed by atoms with Crippen LogP contribution in [0.25, 0.3) is 5.69 Å². The molecule has 0 fully saturated rings. The summed E-state index contributed by atoms with van der Waals surface area (Å²) in [7, 11) is 0. The Hall–Kier alpha value is -1.79. The Kier molecular flexibility index (Phi) is 5.20. The quantitative estimate of drug-likeness (QED) is 0.789. The minimum absolute atomic E-state index is 0.0474. The molecule has 1 amide bonds. The van der Waals surface area contributed by atoms with Crippen LogP contribution in [0.5, 0.6) is 0 Å². The van der Waals surface area contributed by atoms with Crippen LogP contribution in [0.15, 0.2) is 41.8 Å². The molecule has 0 bridgehead atoms. The first kappa shape index (κ1) is 14.6. The molecular weight excluding hydrogens is 274 g/mol. The van der Waals surface area contributed by atoms with Crippen LogP contribution in [0.1, 0.15) is 5.56 Å². The zero-order chi connectivity index (χ0) is 14.4. The minimum Gasteiger partial charge on any atom is -0.395 e. The van der Waals surface area contributed by atoms with Crippen LogP contribution in [0.4, 0.5) is 0 Å². The molecule has 20 heavy (non-hydrogen) atoms. The van der Waals surface area contributed by atoms with E-state index in [4.69, 9.17) is 5.11 Å². The lowest BCUT2D eigenvalue weighted by Crippen LogP contribution is -2.28. The Bertz CT molecular complexity index is 583. The highest BCUT2D eigenvalue weighted by Gasteiger charge is 2.09. The van der Waals surface area contributed by atoms with Gasteiger partial charge in [0, 0.05) is 18.9 Å². The summed E-state index contributed by atoms with van der Waals surface area (Å²) in [4.78, 5) is 15.8. The Morgan fingerprint density at radius 1 is 1.45 bits per heavy atom. The van der Waals surface area contributed by atoms with Crippen LogP contribution in [0.2, 0.25) is 0 Å². The van der Waals surface area contributed by atoms with E-state index in [1.807, 2.05) is 42.0 Å². The van der Waals surface area contributed by atoms with Crippen LogP contribution >= 0.6 is 11.8 Å². The molecule has 2 rings (SSSR count). The Morgan fingerprint density at radius 2 is 2.25 bits per heavy atom. The van der Waals surface area contributed by atoms with Crippen molar-refractivity contribution in [3.63, 3.8) is 0 Å². The topological polar surface area (TPSA) is 67.2 Å². The van der Waals surface area contributed by atoms with Crippen molar-refractivity contribution in [2.24, 2.45) is 0 Å². The van der Waals surface area contributed by atoms with Crippen molar-refractivity contribution >= 4 is 17.7 Å². The minimum atomic E-state index is -0.108. The molecule has 0 spiro atoms. The number of imidazole rings is 1. The largest absolute Gasteiger partial charge is 0.395 e. The predicted molar refractivity (Wildman–Crippen MR) is 79.1 cm³/mol. The summed E-state index contributed by atoms with van der Waals surface area (Å²) in [5, 5.41) is 12.0. The molecule has 0 aliphatic carbocycles. The van der Waals surface area contributed by atoms with Crippen LogP contribution in [0.3, 0.4) is 0 Å². The highest BCUT2D eigenvalue weighted by Crippen LogP contribution is 2.22. The van der Waals surface area contributed by atoms with Crippen molar-refractivity contribution in [3.05, 3.63) is 42.2 Å². The number of hydrogen-bond donors (Lipinski definition) is 2. The van der Waals surface area contributed by atoms with Gasteiger partial charge in [0.1, 0.15) is 0 Å². The van der Waals surface area contributed by atoms with Gasteiger partial charge in [-0.1, -0.05) is 30.0 Å². The van der Waals surface area contributed by atoms with Crippen molar-refractivity contribution in [2.75, 3.05) is 18.9 Å². The molecule has 0 aliphatic heterocycles. The molecule has 0 unspecified atom stereocenters. The second-order valence-corrected chi connectivity index (χ2v) is 5.17. The normalized spacial score (nSPS) is 10.5. The van der Waals surface area contributed by atoms with E-state index in [2.05, 4.69) is 10.3 Å². The number of aliphatic hydroxyl groups excluding tert-OH is 1. The molecule has 0 aliphatic rings. The number of carbonyl (C=O) groups excluding carboxylic acids is 1. The average Bonchev–Trinajstić information content (AvgIpc) is 2.91. The molecular formula is C14H17N3O2S. The van der Waals surface area contributed by atoms with Crippen molar-refractivity contribution in [1.29, 1.82) is 0 Å². The van der Waals surface area contributed by atoms with E-state index in [1.165, 1.54) is 11.8 Å². The van der Waals surface area contributed by atoms with E-state index in [1.54, 1.807) is 6.20 Å². The van der Waals surface area contributed by atoms with Gasteiger partial charge in [0.05, 0.1) is 18.0 Å². The molecule has 0 saturated heterocycles. The van der Waals surface area contributed by atoms with E-state index in [0.29, 0.717) is 0 Å². The van der Waals surface area contributed by atoms with Gasteiger partial charge in [-0.05, 0) is 18.6 Å². The number of rotatable bonds is 6. The smallest absolute Gasteiger partial charge is 0.230 e. The van der Waals surface area contributed by atoms with Crippen LogP contribution in [0, 0.1) is 6.92 Å². The summed E-state index contributed by atoms with van der Waals surface area (Å²) in [6.45, 7) is 2.28. The molecule has 1 heterocycles. The molecule has 5 nitrogen and oxygen atoms in total. The fraction of sp³-hybridized carbons (Fsp3) is 0.286. The van der Waals surface area contributed by atoms with Gasteiger partial charge in [-0.15, -0.1) is 0 Å². The monoisotopic (exact) mass is 291 g/mol. The van der Waals surface area contributed by atoms with E-state index < -0.39 is 0 Å². The zero-order valence-corrected chi connectivity index (χ0v) is 12.1. The van der Waals surface area contributed by atoms with Gasteiger partial charge in [-0.3, -0.25) is 9.36 Å². The first-order valence-corrected chi connectivity index (χ1v) is 7.30. The lowest BCUT2D eigenvalue weighted by molar-refractivity contribution is -0.118. The number of aryl methyl sites for hydroxylation is 1.